The molecule has 10 heteroatoms. The van der Waals surface area contributed by atoms with E-state index in [1.54, 1.807) is 12.1 Å². The summed E-state index contributed by atoms with van der Waals surface area (Å²) < 4.78 is 5.33. The number of carbonyl (C=O) groups excluding carboxylic acids is 5. The number of benzene rings is 3. The second-order valence-electron chi connectivity index (χ2n) is 12.4. The predicted octanol–water partition coefficient (Wildman–Crippen LogP) is 4.47. The van der Waals surface area contributed by atoms with Crippen LogP contribution in [0.4, 0.5) is 4.79 Å². The van der Waals surface area contributed by atoms with Gasteiger partial charge in [0, 0.05) is 13.0 Å². The van der Waals surface area contributed by atoms with Crippen LogP contribution in [0.5, 0.6) is 0 Å². The summed E-state index contributed by atoms with van der Waals surface area (Å²) in [5.41, 5.74) is 2.38. The normalized spacial score (nSPS) is 12.8. The summed E-state index contributed by atoms with van der Waals surface area (Å²) in [4.78, 5) is 66.3. The molecular formula is C37H46N4O6. The molecule has 0 unspecified atom stereocenters. The molecule has 4 amide bonds. The monoisotopic (exact) mass is 642 g/mol. The SMILES string of the molecule is CC(C)C[C@H](NC(=O)OCc1ccccc1)C(=O)N[C@@H](CC(C)C)C(=O)N[C@@H](Cc1ccccc1)C(=O)C(=O)NCc1ccccc1. The lowest BCUT2D eigenvalue weighted by atomic mass is 9.98. The van der Waals surface area contributed by atoms with Gasteiger partial charge in [0.15, 0.2) is 0 Å². The van der Waals surface area contributed by atoms with E-state index in [9.17, 15) is 24.0 Å². The van der Waals surface area contributed by atoms with Crippen LogP contribution >= 0.6 is 0 Å². The standard InChI is InChI=1S/C37H46N4O6/c1-25(2)20-31(40-35(44)32(21-26(3)4)41-37(46)47-24-29-18-12-7-13-19-29)34(43)39-30(22-27-14-8-5-9-15-27)33(42)36(45)38-23-28-16-10-6-11-17-28/h5-19,25-26,30-32H,20-24H2,1-4H3,(H,38,45)(H,39,43)(H,40,44)(H,41,46)/t30-,31-,32-/m0/s1. The Bertz CT molecular complexity index is 1450. The van der Waals surface area contributed by atoms with Crippen LogP contribution in [0.1, 0.15) is 57.2 Å². The lowest BCUT2D eigenvalue weighted by Gasteiger charge is -2.26. The number of ketones is 1. The van der Waals surface area contributed by atoms with Gasteiger partial charge < -0.3 is 26.0 Å². The minimum Gasteiger partial charge on any atom is -0.445 e. The molecule has 0 spiro atoms. The molecule has 0 heterocycles. The number of rotatable bonds is 17. The van der Waals surface area contributed by atoms with Gasteiger partial charge in [0.1, 0.15) is 24.7 Å². The Morgan fingerprint density at radius 2 is 1.02 bits per heavy atom. The average Bonchev–Trinajstić information content (AvgIpc) is 3.06. The average molecular weight is 643 g/mol. The topological polar surface area (TPSA) is 143 Å². The van der Waals surface area contributed by atoms with Gasteiger partial charge >= 0.3 is 6.09 Å². The fourth-order valence-corrected chi connectivity index (χ4v) is 4.94. The lowest BCUT2D eigenvalue weighted by Crippen LogP contribution is -2.57. The first-order valence-electron chi connectivity index (χ1n) is 16.0. The fraction of sp³-hybridized carbons (Fsp3) is 0.378. The summed E-state index contributed by atoms with van der Waals surface area (Å²) in [5.74, 6) is -2.74. The maximum atomic E-state index is 13.7. The van der Waals surface area contributed by atoms with Crippen molar-refractivity contribution in [3.05, 3.63) is 108 Å². The molecule has 0 saturated carbocycles. The second kappa shape index (κ2) is 18.9. The van der Waals surface area contributed by atoms with E-state index in [4.69, 9.17) is 4.74 Å². The number of amides is 4. The summed E-state index contributed by atoms with van der Waals surface area (Å²) in [6.07, 6.45) is -0.109. The van der Waals surface area contributed by atoms with E-state index in [0.29, 0.717) is 6.42 Å². The van der Waals surface area contributed by atoms with Crippen molar-refractivity contribution in [3.8, 4) is 0 Å². The summed E-state index contributed by atoms with van der Waals surface area (Å²) in [6.45, 7) is 7.83. The maximum absolute atomic E-state index is 13.7. The zero-order valence-electron chi connectivity index (χ0n) is 27.5. The molecule has 3 aromatic rings. The van der Waals surface area contributed by atoms with Crippen molar-refractivity contribution in [2.45, 2.75) is 78.2 Å². The van der Waals surface area contributed by atoms with Crippen LogP contribution in [-0.4, -0.2) is 47.7 Å². The molecule has 0 aromatic heterocycles. The summed E-state index contributed by atoms with van der Waals surface area (Å²) in [7, 11) is 0. The first-order valence-corrected chi connectivity index (χ1v) is 16.0. The number of alkyl carbamates (subject to hydrolysis) is 1. The Hall–Kier alpha value is -4.99. The number of carbonyl (C=O) groups is 5. The van der Waals surface area contributed by atoms with Gasteiger partial charge in [-0.2, -0.15) is 0 Å². The van der Waals surface area contributed by atoms with Crippen molar-refractivity contribution in [2.24, 2.45) is 11.8 Å². The Kier molecular flexibility index (Phi) is 14.6. The highest BCUT2D eigenvalue weighted by Gasteiger charge is 2.32. The van der Waals surface area contributed by atoms with Crippen LogP contribution in [0, 0.1) is 11.8 Å². The molecule has 0 bridgehead atoms. The molecule has 0 aliphatic carbocycles. The highest BCUT2D eigenvalue weighted by Crippen LogP contribution is 2.12. The zero-order valence-corrected chi connectivity index (χ0v) is 27.5. The van der Waals surface area contributed by atoms with Crippen LogP contribution in [0.3, 0.4) is 0 Å². The third-order valence-corrected chi connectivity index (χ3v) is 7.30. The van der Waals surface area contributed by atoms with E-state index in [2.05, 4.69) is 21.3 Å². The highest BCUT2D eigenvalue weighted by atomic mass is 16.5. The minimum atomic E-state index is -1.18. The third kappa shape index (κ3) is 13.1. The van der Waals surface area contributed by atoms with Crippen LogP contribution in [0.2, 0.25) is 0 Å². The second-order valence-corrected chi connectivity index (χ2v) is 12.4. The molecule has 10 nitrogen and oxygen atoms in total. The maximum Gasteiger partial charge on any atom is 0.408 e. The Labute approximate surface area is 277 Å². The smallest absolute Gasteiger partial charge is 0.408 e. The molecule has 0 radical (unpaired) electrons. The number of ether oxygens (including phenoxy) is 1. The summed E-state index contributed by atoms with van der Waals surface area (Å²) in [5, 5.41) is 10.8. The van der Waals surface area contributed by atoms with Crippen LogP contribution < -0.4 is 21.3 Å². The van der Waals surface area contributed by atoms with Crippen molar-refractivity contribution < 1.29 is 28.7 Å². The van der Waals surface area contributed by atoms with E-state index in [1.165, 1.54) is 0 Å². The highest BCUT2D eigenvalue weighted by molar-refractivity contribution is 6.38. The van der Waals surface area contributed by atoms with Gasteiger partial charge in [-0.3, -0.25) is 19.2 Å². The lowest BCUT2D eigenvalue weighted by molar-refractivity contribution is -0.140. The Morgan fingerprint density at radius 3 is 1.53 bits per heavy atom. The molecule has 0 fully saturated rings. The van der Waals surface area contributed by atoms with E-state index < -0.39 is 47.7 Å². The third-order valence-electron chi connectivity index (χ3n) is 7.30. The van der Waals surface area contributed by atoms with Crippen LogP contribution in [0.15, 0.2) is 91.0 Å². The summed E-state index contributed by atoms with van der Waals surface area (Å²) >= 11 is 0. The van der Waals surface area contributed by atoms with Gasteiger partial charge in [-0.25, -0.2) is 4.79 Å². The number of hydrogen-bond acceptors (Lipinski definition) is 6. The van der Waals surface area contributed by atoms with Gasteiger partial charge in [0.2, 0.25) is 17.6 Å². The first-order chi connectivity index (χ1) is 22.5. The number of Topliss-reactive ketones (excluding diaryl/α,β-unsaturated/α-hetero) is 1. The van der Waals surface area contributed by atoms with Gasteiger partial charge in [-0.1, -0.05) is 119 Å². The predicted molar refractivity (Wildman–Crippen MR) is 180 cm³/mol. The van der Waals surface area contributed by atoms with E-state index in [0.717, 1.165) is 16.7 Å². The van der Waals surface area contributed by atoms with E-state index in [1.807, 2.05) is 107 Å². The van der Waals surface area contributed by atoms with Crippen molar-refractivity contribution in [1.29, 1.82) is 0 Å². The van der Waals surface area contributed by atoms with Gasteiger partial charge in [0.05, 0.1) is 0 Å². The summed E-state index contributed by atoms with van der Waals surface area (Å²) in [6, 6.07) is 24.2. The number of nitrogens with one attached hydrogen (secondary N) is 4. The zero-order chi connectivity index (χ0) is 34.2. The molecular weight excluding hydrogens is 596 g/mol. The molecule has 4 N–H and O–H groups in total. The Balaban J connectivity index is 1.73. The van der Waals surface area contributed by atoms with Gasteiger partial charge in [-0.15, -0.1) is 0 Å². The van der Waals surface area contributed by atoms with Crippen LogP contribution in [-0.2, 0) is 43.5 Å². The largest absolute Gasteiger partial charge is 0.445 e. The Morgan fingerprint density at radius 1 is 0.574 bits per heavy atom. The molecule has 3 atom stereocenters. The first kappa shape index (κ1) is 36.5. The van der Waals surface area contributed by atoms with Crippen molar-refractivity contribution in [1.82, 2.24) is 21.3 Å². The van der Waals surface area contributed by atoms with Gasteiger partial charge in [-0.05, 0) is 41.4 Å². The van der Waals surface area contributed by atoms with Crippen molar-refractivity contribution >= 4 is 29.6 Å². The van der Waals surface area contributed by atoms with E-state index >= 15 is 0 Å². The molecule has 3 rings (SSSR count). The van der Waals surface area contributed by atoms with E-state index in [-0.39, 0.29) is 37.8 Å². The minimum absolute atomic E-state index is 0.00385. The molecule has 0 aliphatic heterocycles. The fourth-order valence-electron chi connectivity index (χ4n) is 4.94. The molecule has 47 heavy (non-hydrogen) atoms. The molecule has 0 saturated heterocycles. The van der Waals surface area contributed by atoms with Crippen LogP contribution in [0.25, 0.3) is 0 Å². The van der Waals surface area contributed by atoms with Crippen molar-refractivity contribution in [2.75, 3.05) is 0 Å². The quantitative estimate of drug-likeness (QED) is 0.160. The van der Waals surface area contributed by atoms with Crippen molar-refractivity contribution in [3.63, 3.8) is 0 Å². The molecule has 250 valence electrons. The van der Waals surface area contributed by atoms with Gasteiger partial charge in [0.25, 0.3) is 5.91 Å². The molecule has 0 aliphatic rings. The number of hydrogen-bond donors (Lipinski definition) is 4. The molecule has 3 aromatic carbocycles.